The number of carbonyl (C=O) groups is 1. The number of halogens is 6. The second-order valence-electron chi connectivity index (χ2n) is 9.96. The molecule has 5 nitrogen and oxygen atoms in total. The molecule has 4 rings (SSSR count). The fourth-order valence-electron chi connectivity index (χ4n) is 4.85. The standard InChI is InChI=1S/C26H28F6N2O3/c1-16(2)33-23(35)24(13-18-9-19(25(27,28)29)12-20(10-18)26(30,31)32)5-7-34(8-6-24)14-17-3-4-21-22(11-17)37-15-36-21/h3-4,9-12,16H,5-8,13-15H2,1-2H3,(H,33,35). The number of alkyl halides is 6. The first-order valence-electron chi connectivity index (χ1n) is 12.0. The van der Waals surface area contributed by atoms with Gasteiger partial charge in [0.1, 0.15) is 0 Å². The number of piperidine rings is 1. The van der Waals surface area contributed by atoms with Crippen LogP contribution in [0.5, 0.6) is 11.5 Å². The number of rotatable bonds is 6. The number of amides is 1. The zero-order valence-corrected chi connectivity index (χ0v) is 20.4. The quantitative estimate of drug-likeness (QED) is 0.480. The number of benzene rings is 2. The van der Waals surface area contributed by atoms with Crippen LogP contribution in [0.3, 0.4) is 0 Å². The van der Waals surface area contributed by atoms with E-state index >= 15 is 0 Å². The molecule has 0 saturated carbocycles. The van der Waals surface area contributed by atoms with Crippen LogP contribution in [0.25, 0.3) is 0 Å². The van der Waals surface area contributed by atoms with E-state index in [1.54, 1.807) is 13.8 Å². The zero-order chi connectivity index (χ0) is 27.0. The number of carbonyl (C=O) groups excluding carboxylic acids is 1. The normalized spacial score (nSPS) is 17.8. The number of ether oxygens (including phenoxy) is 2. The Kier molecular flexibility index (Phi) is 7.38. The molecule has 2 heterocycles. The fourth-order valence-corrected chi connectivity index (χ4v) is 4.85. The van der Waals surface area contributed by atoms with Crippen LogP contribution in [-0.2, 0) is 30.1 Å². The Morgan fingerprint density at radius 1 is 0.919 bits per heavy atom. The molecule has 0 aromatic heterocycles. The van der Waals surface area contributed by atoms with Gasteiger partial charge in [-0.3, -0.25) is 9.69 Å². The van der Waals surface area contributed by atoms with Crippen molar-refractivity contribution in [3.63, 3.8) is 0 Å². The molecule has 2 aromatic carbocycles. The van der Waals surface area contributed by atoms with Crippen molar-refractivity contribution < 1.29 is 40.6 Å². The number of nitrogens with one attached hydrogen (secondary N) is 1. The van der Waals surface area contributed by atoms with E-state index in [0.29, 0.717) is 31.1 Å². The van der Waals surface area contributed by atoms with Crippen molar-refractivity contribution in [3.8, 4) is 11.5 Å². The summed E-state index contributed by atoms with van der Waals surface area (Å²) in [6.45, 7) is 5.12. The molecule has 1 amide bonds. The summed E-state index contributed by atoms with van der Waals surface area (Å²) >= 11 is 0. The van der Waals surface area contributed by atoms with Crippen molar-refractivity contribution in [2.45, 2.75) is 58.0 Å². The maximum absolute atomic E-state index is 13.4. The average molecular weight is 531 g/mol. The van der Waals surface area contributed by atoms with E-state index in [0.717, 1.165) is 17.7 Å². The van der Waals surface area contributed by atoms with Crippen LogP contribution in [0.1, 0.15) is 48.9 Å². The molecule has 2 aromatic rings. The number of hydrogen-bond donors (Lipinski definition) is 1. The molecule has 2 aliphatic rings. The second-order valence-corrected chi connectivity index (χ2v) is 9.96. The van der Waals surface area contributed by atoms with E-state index in [9.17, 15) is 31.1 Å². The molecule has 1 saturated heterocycles. The molecule has 2 aliphatic heterocycles. The Labute approximate surface area is 210 Å². The first-order chi connectivity index (χ1) is 17.2. The molecule has 1 N–H and O–H groups in total. The molecule has 1 fully saturated rings. The van der Waals surface area contributed by atoms with Gasteiger partial charge in [-0.15, -0.1) is 0 Å². The summed E-state index contributed by atoms with van der Waals surface area (Å²) in [5.41, 5.74) is -3.08. The summed E-state index contributed by atoms with van der Waals surface area (Å²) in [5.74, 6) is 0.937. The van der Waals surface area contributed by atoms with Gasteiger partial charge < -0.3 is 14.8 Å². The Hall–Kier alpha value is -2.95. The Morgan fingerprint density at radius 2 is 1.51 bits per heavy atom. The lowest BCUT2D eigenvalue weighted by molar-refractivity contribution is -0.143. The van der Waals surface area contributed by atoms with Crippen molar-refractivity contribution in [2.24, 2.45) is 5.41 Å². The van der Waals surface area contributed by atoms with E-state index in [2.05, 4.69) is 10.2 Å². The minimum atomic E-state index is -4.95. The van der Waals surface area contributed by atoms with Gasteiger partial charge >= 0.3 is 12.4 Å². The zero-order valence-electron chi connectivity index (χ0n) is 20.4. The van der Waals surface area contributed by atoms with Crippen LogP contribution in [0.4, 0.5) is 26.3 Å². The fraction of sp³-hybridized carbons (Fsp3) is 0.500. The maximum Gasteiger partial charge on any atom is 0.416 e. The van der Waals surface area contributed by atoms with Gasteiger partial charge in [-0.05, 0) is 87.7 Å². The highest BCUT2D eigenvalue weighted by atomic mass is 19.4. The van der Waals surface area contributed by atoms with Gasteiger partial charge in [0.15, 0.2) is 11.5 Å². The summed E-state index contributed by atoms with van der Waals surface area (Å²) in [7, 11) is 0. The van der Waals surface area contributed by atoms with E-state index in [4.69, 9.17) is 9.47 Å². The number of hydrogen-bond acceptors (Lipinski definition) is 4. The Bertz CT molecular complexity index is 1110. The first-order valence-corrected chi connectivity index (χ1v) is 12.0. The van der Waals surface area contributed by atoms with Crippen molar-refractivity contribution in [2.75, 3.05) is 19.9 Å². The molecule has 202 valence electrons. The molecule has 11 heteroatoms. The molecular formula is C26H28F6N2O3. The molecule has 0 radical (unpaired) electrons. The molecule has 0 aliphatic carbocycles. The topological polar surface area (TPSA) is 50.8 Å². The minimum Gasteiger partial charge on any atom is -0.454 e. The first kappa shape index (κ1) is 27.1. The van der Waals surface area contributed by atoms with Gasteiger partial charge in [0.2, 0.25) is 12.7 Å². The lowest BCUT2D eigenvalue weighted by Crippen LogP contribution is -2.51. The highest BCUT2D eigenvalue weighted by Gasteiger charge is 2.43. The van der Waals surface area contributed by atoms with Gasteiger partial charge in [0.25, 0.3) is 0 Å². The van der Waals surface area contributed by atoms with E-state index in [1.807, 2.05) is 18.2 Å². The van der Waals surface area contributed by atoms with Gasteiger partial charge in [0, 0.05) is 12.6 Å². The lowest BCUT2D eigenvalue weighted by atomic mass is 9.72. The molecule has 0 spiro atoms. The summed E-state index contributed by atoms with van der Waals surface area (Å²) in [6, 6.07) is 6.91. The van der Waals surface area contributed by atoms with Crippen LogP contribution in [0.2, 0.25) is 0 Å². The van der Waals surface area contributed by atoms with Crippen molar-refractivity contribution in [1.82, 2.24) is 10.2 Å². The molecular weight excluding hydrogens is 502 g/mol. The monoisotopic (exact) mass is 530 g/mol. The van der Waals surface area contributed by atoms with Gasteiger partial charge in [0.05, 0.1) is 16.5 Å². The van der Waals surface area contributed by atoms with Crippen molar-refractivity contribution in [1.29, 1.82) is 0 Å². The predicted octanol–water partition coefficient (Wildman–Crippen LogP) is 5.80. The summed E-state index contributed by atoms with van der Waals surface area (Å²) in [6.07, 6.45) is -9.55. The van der Waals surface area contributed by atoms with Crippen LogP contribution in [0.15, 0.2) is 36.4 Å². The van der Waals surface area contributed by atoms with Gasteiger partial charge in [-0.2, -0.15) is 26.3 Å². The van der Waals surface area contributed by atoms with Gasteiger partial charge in [-0.1, -0.05) is 6.07 Å². The Balaban J connectivity index is 1.57. The second kappa shape index (κ2) is 10.1. The van der Waals surface area contributed by atoms with Crippen LogP contribution >= 0.6 is 0 Å². The van der Waals surface area contributed by atoms with E-state index in [1.165, 1.54) is 0 Å². The molecule has 0 bridgehead atoms. The summed E-state index contributed by atoms with van der Waals surface area (Å²) < 4.78 is 91.2. The third-order valence-corrected chi connectivity index (χ3v) is 6.75. The SMILES string of the molecule is CC(C)NC(=O)C1(Cc2cc(C(F)(F)F)cc(C(F)(F)F)c2)CCN(Cc2ccc3c(c2)OCO3)CC1. The highest BCUT2D eigenvalue weighted by molar-refractivity contribution is 5.83. The third-order valence-electron chi connectivity index (χ3n) is 6.75. The Morgan fingerprint density at radius 3 is 2.08 bits per heavy atom. The highest BCUT2D eigenvalue weighted by Crippen LogP contribution is 2.41. The van der Waals surface area contributed by atoms with E-state index < -0.39 is 28.9 Å². The van der Waals surface area contributed by atoms with Crippen molar-refractivity contribution >= 4 is 5.91 Å². The molecule has 0 unspecified atom stereocenters. The molecule has 37 heavy (non-hydrogen) atoms. The summed E-state index contributed by atoms with van der Waals surface area (Å²) in [5, 5.41) is 2.82. The largest absolute Gasteiger partial charge is 0.454 e. The van der Waals surface area contributed by atoms with Crippen LogP contribution < -0.4 is 14.8 Å². The average Bonchev–Trinajstić information content (AvgIpc) is 3.26. The van der Waals surface area contributed by atoms with Crippen molar-refractivity contribution in [3.05, 3.63) is 58.7 Å². The number of likely N-dealkylation sites (tertiary alicyclic amines) is 1. The predicted molar refractivity (Wildman–Crippen MR) is 123 cm³/mol. The minimum absolute atomic E-state index is 0.109. The summed E-state index contributed by atoms with van der Waals surface area (Å²) in [4.78, 5) is 15.4. The number of nitrogens with zero attached hydrogens (tertiary/aromatic N) is 1. The smallest absolute Gasteiger partial charge is 0.416 e. The molecule has 0 atom stereocenters. The van der Waals surface area contributed by atoms with Gasteiger partial charge in [-0.25, -0.2) is 0 Å². The maximum atomic E-state index is 13.4. The lowest BCUT2D eigenvalue weighted by Gasteiger charge is -2.41. The van der Waals surface area contributed by atoms with E-state index in [-0.39, 0.29) is 49.6 Å². The van der Waals surface area contributed by atoms with Crippen LogP contribution in [0, 0.1) is 5.41 Å². The third kappa shape index (κ3) is 6.31. The van der Waals surface area contributed by atoms with Crippen LogP contribution in [-0.4, -0.2) is 36.7 Å². The number of fused-ring (bicyclic) bond motifs is 1.